The molecule has 0 N–H and O–H groups in total. The quantitative estimate of drug-likeness (QED) is 0.275. The van der Waals surface area contributed by atoms with Crippen molar-refractivity contribution in [2.75, 3.05) is 13.1 Å². The Morgan fingerprint density at radius 2 is 1.85 bits per heavy atom. The Kier molecular flexibility index (Phi) is 9.80. The van der Waals surface area contributed by atoms with Crippen LogP contribution in [0.3, 0.4) is 0 Å². The molecule has 2 aromatic rings. The molecule has 4 heteroatoms. The van der Waals surface area contributed by atoms with Crippen molar-refractivity contribution in [2.45, 2.75) is 77.7 Å². The number of Topliss-reactive ketones (excluding diaryl/α,β-unsaturated/α-hetero) is 2. The summed E-state index contributed by atoms with van der Waals surface area (Å²) in [4.78, 5) is 26.7. The molecule has 0 spiro atoms. The molecule has 0 saturated carbocycles. The number of rotatable bonds is 12. The van der Waals surface area contributed by atoms with Gasteiger partial charge in [-0.25, -0.2) is 4.39 Å². The molecule has 1 saturated heterocycles. The maximum absolute atomic E-state index is 13.2. The van der Waals surface area contributed by atoms with Crippen LogP contribution in [0.2, 0.25) is 0 Å². The zero-order valence-electron chi connectivity index (χ0n) is 20.2. The maximum Gasteiger partial charge on any atom is 0.159 e. The highest BCUT2D eigenvalue weighted by Crippen LogP contribution is 2.29. The Bertz CT molecular complexity index is 908. The number of hydrogen-bond acceptors (Lipinski definition) is 3. The number of benzene rings is 2. The van der Waals surface area contributed by atoms with E-state index in [4.69, 9.17) is 0 Å². The van der Waals surface area contributed by atoms with Crippen LogP contribution in [0.25, 0.3) is 0 Å². The van der Waals surface area contributed by atoms with Gasteiger partial charge in [-0.05, 0) is 93.8 Å². The van der Waals surface area contributed by atoms with E-state index in [0.717, 1.165) is 50.8 Å². The monoisotopic (exact) mass is 451 g/mol. The lowest BCUT2D eigenvalue weighted by Crippen LogP contribution is -2.43. The lowest BCUT2D eigenvalue weighted by Gasteiger charge is -2.40. The van der Waals surface area contributed by atoms with Gasteiger partial charge in [0.2, 0.25) is 0 Å². The Hall–Kier alpha value is -2.33. The minimum atomic E-state index is -0.171. The summed E-state index contributed by atoms with van der Waals surface area (Å²) >= 11 is 0. The van der Waals surface area contributed by atoms with Crippen LogP contribution in [0.5, 0.6) is 0 Å². The first-order valence-electron chi connectivity index (χ1n) is 12.5. The summed E-state index contributed by atoms with van der Waals surface area (Å²) in [5.41, 5.74) is 2.82. The van der Waals surface area contributed by atoms with Gasteiger partial charge in [0, 0.05) is 24.4 Å². The Labute approximate surface area is 198 Å². The lowest BCUT2D eigenvalue weighted by molar-refractivity contribution is -0.118. The fourth-order valence-electron chi connectivity index (χ4n) is 5.12. The molecule has 1 aliphatic rings. The summed E-state index contributed by atoms with van der Waals surface area (Å²) in [6.07, 6.45) is 8.70. The third-order valence-electron chi connectivity index (χ3n) is 6.87. The van der Waals surface area contributed by atoms with Crippen molar-refractivity contribution in [3.8, 4) is 0 Å². The van der Waals surface area contributed by atoms with E-state index in [1.165, 1.54) is 18.4 Å². The highest BCUT2D eigenvalue weighted by Gasteiger charge is 2.27. The van der Waals surface area contributed by atoms with E-state index in [1.807, 2.05) is 30.3 Å². The number of likely N-dealkylation sites (tertiary alicyclic amines) is 1. The van der Waals surface area contributed by atoms with Gasteiger partial charge in [0.05, 0.1) is 0 Å². The highest BCUT2D eigenvalue weighted by molar-refractivity contribution is 5.94. The topological polar surface area (TPSA) is 37.4 Å². The first kappa shape index (κ1) is 25.3. The maximum atomic E-state index is 13.2. The van der Waals surface area contributed by atoms with Crippen LogP contribution in [-0.4, -0.2) is 35.6 Å². The molecule has 0 bridgehead atoms. The average molecular weight is 452 g/mol. The van der Waals surface area contributed by atoms with E-state index in [9.17, 15) is 14.0 Å². The van der Waals surface area contributed by atoms with E-state index in [2.05, 4.69) is 11.8 Å². The minimum Gasteiger partial charge on any atom is -0.300 e. The van der Waals surface area contributed by atoms with Crippen LogP contribution < -0.4 is 0 Å². The number of nitrogens with zero attached hydrogens (tertiary/aromatic N) is 1. The highest BCUT2D eigenvalue weighted by atomic mass is 19.1. The van der Waals surface area contributed by atoms with Crippen molar-refractivity contribution in [3.05, 3.63) is 71.0 Å². The molecular formula is C29H38FNO2. The molecule has 2 atom stereocenters. The van der Waals surface area contributed by atoms with Gasteiger partial charge < -0.3 is 4.90 Å². The number of carbonyl (C=O) groups is 2. The van der Waals surface area contributed by atoms with Crippen molar-refractivity contribution in [1.29, 1.82) is 0 Å². The van der Waals surface area contributed by atoms with Gasteiger partial charge in [-0.3, -0.25) is 9.59 Å². The molecule has 1 heterocycles. The molecule has 0 aromatic heterocycles. The summed E-state index contributed by atoms with van der Waals surface area (Å²) in [6, 6.07) is 15.0. The Morgan fingerprint density at radius 3 is 2.58 bits per heavy atom. The van der Waals surface area contributed by atoms with Gasteiger partial charge in [0.15, 0.2) is 5.78 Å². The third kappa shape index (κ3) is 8.19. The summed E-state index contributed by atoms with van der Waals surface area (Å²) in [5.74, 6) is 0.754. The number of carbonyl (C=O) groups excluding carboxylic acids is 2. The first-order chi connectivity index (χ1) is 15.9. The van der Waals surface area contributed by atoms with Gasteiger partial charge in [-0.1, -0.05) is 43.7 Å². The SMILES string of the molecule is CCCN1CC[C@@H](Cc2ccc(F)cc2)C[C@@H]1CCCCC(=O)Cc1cccc(C(C)=O)c1. The predicted molar refractivity (Wildman–Crippen MR) is 132 cm³/mol. The van der Waals surface area contributed by atoms with Crippen molar-refractivity contribution in [1.82, 2.24) is 4.90 Å². The molecule has 0 unspecified atom stereocenters. The van der Waals surface area contributed by atoms with Crippen LogP contribution in [0.15, 0.2) is 48.5 Å². The van der Waals surface area contributed by atoms with Crippen molar-refractivity contribution in [2.24, 2.45) is 5.92 Å². The van der Waals surface area contributed by atoms with Gasteiger partial charge in [0.1, 0.15) is 11.6 Å². The fraction of sp³-hybridized carbons (Fsp3) is 0.517. The molecular weight excluding hydrogens is 413 g/mol. The normalized spacial score (nSPS) is 18.9. The fourth-order valence-corrected chi connectivity index (χ4v) is 5.12. The van der Waals surface area contributed by atoms with E-state index in [0.29, 0.717) is 30.4 Å². The number of piperidine rings is 1. The third-order valence-corrected chi connectivity index (χ3v) is 6.87. The second-order valence-electron chi connectivity index (χ2n) is 9.63. The Morgan fingerprint density at radius 1 is 1.06 bits per heavy atom. The van der Waals surface area contributed by atoms with Crippen LogP contribution in [-0.2, 0) is 17.6 Å². The summed E-state index contributed by atoms with van der Waals surface area (Å²) in [7, 11) is 0. The molecule has 3 rings (SSSR count). The number of halogens is 1. The summed E-state index contributed by atoms with van der Waals surface area (Å²) < 4.78 is 13.2. The van der Waals surface area contributed by atoms with E-state index in [-0.39, 0.29) is 17.4 Å². The molecule has 0 aliphatic carbocycles. The van der Waals surface area contributed by atoms with Gasteiger partial charge in [0.25, 0.3) is 0 Å². The number of unbranched alkanes of at least 4 members (excludes halogenated alkanes) is 1. The number of ketones is 2. The number of hydrogen-bond donors (Lipinski definition) is 0. The standard InChI is InChI=1S/C29H38FNO2/c1-3-16-31-17-15-25(18-23-11-13-27(30)14-12-23)20-28(31)9-4-5-10-29(33)21-24-7-6-8-26(19-24)22(2)32/h6-8,11-14,19,25,28H,3-5,9-10,15-18,20-21H2,1-2H3/t25-,28-/m0/s1. The molecule has 0 radical (unpaired) electrons. The first-order valence-corrected chi connectivity index (χ1v) is 12.5. The average Bonchev–Trinajstić information content (AvgIpc) is 2.80. The zero-order valence-corrected chi connectivity index (χ0v) is 20.2. The molecule has 1 fully saturated rings. The lowest BCUT2D eigenvalue weighted by atomic mass is 9.84. The van der Waals surface area contributed by atoms with Crippen molar-refractivity contribution < 1.29 is 14.0 Å². The van der Waals surface area contributed by atoms with Crippen LogP contribution in [0, 0.1) is 11.7 Å². The van der Waals surface area contributed by atoms with E-state index in [1.54, 1.807) is 25.1 Å². The predicted octanol–water partition coefficient (Wildman–Crippen LogP) is 6.43. The largest absolute Gasteiger partial charge is 0.300 e. The second kappa shape index (κ2) is 12.8. The van der Waals surface area contributed by atoms with Crippen LogP contribution in [0.1, 0.15) is 80.3 Å². The zero-order chi connectivity index (χ0) is 23.6. The smallest absolute Gasteiger partial charge is 0.159 e. The summed E-state index contributed by atoms with van der Waals surface area (Å²) in [5, 5.41) is 0. The van der Waals surface area contributed by atoms with Crippen LogP contribution in [0.4, 0.5) is 4.39 Å². The molecule has 33 heavy (non-hydrogen) atoms. The molecule has 1 aliphatic heterocycles. The molecule has 2 aromatic carbocycles. The Balaban J connectivity index is 1.45. The van der Waals surface area contributed by atoms with Gasteiger partial charge in [-0.15, -0.1) is 0 Å². The van der Waals surface area contributed by atoms with Crippen molar-refractivity contribution in [3.63, 3.8) is 0 Å². The molecule has 178 valence electrons. The molecule has 0 amide bonds. The second-order valence-corrected chi connectivity index (χ2v) is 9.63. The molecule has 3 nitrogen and oxygen atoms in total. The van der Waals surface area contributed by atoms with E-state index < -0.39 is 0 Å². The minimum absolute atomic E-state index is 0.0335. The van der Waals surface area contributed by atoms with Crippen molar-refractivity contribution >= 4 is 11.6 Å². The summed E-state index contributed by atoms with van der Waals surface area (Å²) in [6.45, 7) is 6.06. The van der Waals surface area contributed by atoms with Gasteiger partial charge in [-0.2, -0.15) is 0 Å². The van der Waals surface area contributed by atoms with E-state index >= 15 is 0 Å². The van der Waals surface area contributed by atoms with Gasteiger partial charge >= 0.3 is 0 Å². The van der Waals surface area contributed by atoms with Crippen LogP contribution >= 0.6 is 0 Å².